The smallest absolute Gasteiger partial charge is 0.221 e. The summed E-state index contributed by atoms with van der Waals surface area (Å²) in [6.07, 6.45) is 6.15. The summed E-state index contributed by atoms with van der Waals surface area (Å²) >= 11 is 0. The SMILES string of the molecule is COc1ccc(C2(CNC(=O)CCN)CCCCC2)cc1OC. The lowest BCUT2D eigenvalue weighted by Crippen LogP contribution is -2.42. The van der Waals surface area contributed by atoms with Crippen LogP contribution < -0.4 is 20.5 Å². The largest absolute Gasteiger partial charge is 0.493 e. The number of carbonyl (C=O) groups is 1. The molecule has 0 unspecified atom stereocenters. The fourth-order valence-electron chi connectivity index (χ4n) is 3.45. The van der Waals surface area contributed by atoms with E-state index in [4.69, 9.17) is 15.2 Å². The second-order valence-corrected chi connectivity index (χ2v) is 6.23. The Kier molecular flexibility index (Phi) is 6.28. The standard InChI is InChI=1S/C18H28N2O3/c1-22-15-7-6-14(12-16(15)23-2)18(9-4-3-5-10-18)13-20-17(21)8-11-19/h6-7,12H,3-5,8-11,13,19H2,1-2H3,(H,20,21). The van der Waals surface area contributed by atoms with Crippen LogP contribution in [0.1, 0.15) is 44.1 Å². The molecule has 0 heterocycles. The summed E-state index contributed by atoms with van der Waals surface area (Å²) in [7, 11) is 3.29. The van der Waals surface area contributed by atoms with Crippen molar-refractivity contribution < 1.29 is 14.3 Å². The van der Waals surface area contributed by atoms with Crippen LogP contribution in [0.25, 0.3) is 0 Å². The number of hydrogen-bond acceptors (Lipinski definition) is 4. The van der Waals surface area contributed by atoms with Crippen molar-refractivity contribution in [2.75, 3.05) is 27.3 Å². The lowest BCUT2D eigenvalue weighted by atomic mass is 9.69. The molecule has 128 valence electrons. The second-order valence-electron chi connectivity index (χ2n) is 6.23. The molecule has 23 heavy (non-hydrogen) atoms. The molecule has 1 aliphatic carbocycles. The highest BCUT2D eigenvalue weighted by Crippen LogP contribution is 2.42. The van der Waals surface area contributed by atoms with Crippen molar-refractivity contribution in [3.8, 4) is 11.5 Å². The predicted molar refractivity (Wildman–Crippen MR) is 91.0 cm³/mol. The second kappa shape index (κ2) is 8.20. The molecular formula is C18H28N2O3. The van der Waals surface area contributed by atoms with E-state index in [0.29, 0.717) is 19.5 Å². The molecule has 1 aromatic rings. The van der Waals surface area contributed by atoms with Crippen molar-refractivity contribution in [2.24, 2.45) is 5.73 Å². The number of hydrogen-bond donors (Lipinski definition) is 2. The van der Waals surface area contributed by atoms with Crippen molar-refractivity contribution in [2.45, 2.75) is 43.9 Å². The highest BCUT2D eigenvalue weighted by molar-refractivity contribution is 5.76. The molecule has 0 saturated heterocycles. The Morgan fingerprint density at radius 2 is 1.87 bits per heavy atom. The van der Waals surface area contributed by atoms with Gasteiger partial charge in [0.1, 0.15) is 0 Å². The average molecular weight is 320 g/mol. The van der Waals surface area contributed by atoms with Gasteiger partial charge in [0.25, 0.3) is 0 Å². The Balaban J connectivity index is 2.25. The molecule has 0 aromatic heterocycles. The number of carbonyl (C=O) groups excluding carboxylic acids is 1. The maximum absolute atomic E-state index is 11.8. The third-order valence-electron chi connectivity index (χ3n) is 4.80. The summed E-state index contributed by atoms with van der Waals surface area (Å²) in [5, 5.41) is 3.07. The Hall–Kier alpha value is -1.75. The molecule has 5 nitrogen and oxygen atoms in total. The molecule has 1 fully saturated rings. The van der Waals surface area contributed by atoms with Crippen LogP contribution in [0.3, 0.4) is 0 Å². The van der Waals surface area contributed by atoms with Gasteiger partial charge in [0, 0.05) is 24.9 Å². The first-order valence-corrected chi connectivity index (χ1v) is 8.34. The highest BCUT2D eigenvalue weighted by Gasteiger charge is 2.34. The highest BCUT2D eigenvalue weighted by atomic mass is 16.5. The van der Waals surface area contributed by atoms with E-state index in [1.165, 1.54) is 24.8 Å². The first kappa shape index (κ1) is 17.6. The molecule has 0 radical (unpaired) electrons. The summed E-state index contributed by atoms with van der Waals surface area (Å²) in [5.41, 5.74) is 6.65. The maximum Gasteiger partial charge on any atom is 0.221 e. The Morgan fingerprint density at radius 3 is 2.48 bits per heavy atom. The molecular weight excluding hydrogens is 292 g/mol. The topological polar surface area (TPSA) is 73.6 Å². The number of rotatable bonds is 7. The molecule has 1 amide bonds. The molecule has 1 aromatic carbocycles. The summed E-state index contributed by atoms with van der Waals surface area (Å²) < 4.78 is 10.8. The number of nitrogens with two attached hydrogens (primary N) is 1. The quantitative estimate of drug-likeness (QED) is 0.809. The van der Waals surface area contributed by atoms with E-state index in [1.54, 1.807) is 14.2 Å². The van der Waals surface area contributed by atoms with Gasteiger partial charge in [-0.1, -0.05) is 25.3 Å². The summed E-state index contributed by atoms with van der Waals surface area (Å²) in [5.74, 6) is 1.50. The average Bonchev–Trinajstić information content (AvgIpc) is 2.60. The van der Waals surface area contributed by atoms with E-state index in [0.717, 1.165) is 24.3 Å². The molecule has 1 aliphatic rings. The molecule has 2 rings (SSSR count). The number of benzene rings is 1. The van der Waals surface area contributed by atoms with E-state index in [-0.39, 0.29) is 11.3 Å². The van der Waals surface area contributed by atoms with Crippen LogP contribution in [-0.4, -0.2) is 33.2 Å². The van der Waals surface area contributed by atoms with Gasteiger partial charge < -0.3 is 20.5 Å². The van der Waals surface area contributed by atoms with Gasteiger partial charge in [-0.3, -0.25) is 4.79 Å². The lowest BCUT2D eigenvalue weighted by molar-refractivity contribution is -0.121. The van der Waals surface area contributed by atoms with Gasteiger partial charge in [-0.05, 0) is 30.5 Å². The lowest BCUT2D eigenvalue weighted by Gasteiger charge is -2.38. The fraction of sp³-hybridized carbons (Fsp3) is 0.611. The third kappa shape index (κ3) is 4.16. The van der Waals surface area contributed by atoms with Gasteiger partial charge in [-0.25, -0.2) is 0 Å². The van der Waals surface area contributed by atoms with Crippen LogP contribution in [-0.2, 0) is 10.2 Å². The molecule has 5 heteroatoms. The van der Waals surface area contributed by atoms with Gasteiger partial charge in [0.15, 0.2) is 11.5 Å². The third-order valence-corrected chi connectivity index (χ3v) is 4.80. The van der Waals surface area contributed by atoms with Gasteiger partial charge in [-0.2, -0.15) is 0 Å². The van der Waals surface area contributed by atoms with E-state index < -0.39 is 0 Å². The first-order valence-electron chi connectivity index (χ1n) is 8.34. The summed E-state index contributed by atoms with van der Waals surface area (Å²) in [4.78, 5) is 11.8. The van der Waals surface area contributed by atoms with E-state index >= 15 is 0 Å². The van der Waals surface area contributed by atoms with Crippen molar-refractivity contribution in [3.05, 3.63) is 23.8 Å². The molecule has 3 N–H and O–H groups in total. The minimum atomic E-state index is -0.0257. The van der Waals surface area contributed by atoms with Crippen LogP contribution >= 0.6 is 0 Å². The van der Waals surface area contributed by atoms with E-state index in [2.05, 4.69) is 17.4 Å². The Labute approximate surface area is 138 Å². The van der Waals surface area contributed by atoms with E-state index in [1.807, 2.05) is 6.07 Å². The van der Waals surface area contributed by atoms with Crippen molar-refractivity contribution in [1.82, 2.24) is 5.32 Å². The monoisotopic (exact) mass is 320 g/mol. The first-order chi connectivity index (χ1) is 11.1. The van der Waals surface area contributed by atoms with E-state index in [9.17, 15) is 4.79 Å². The van der Waals surface area contributed by atoms with Crippen LogP contribution in [0.15, 0.2) is 18.2 Å². The number of methoxy groups -OCH3 is 2. The van der Waals surface area contributed by atoms with Crippen molar-refractivity contribution >= 4 is 5.91 Å². The maximum atomic E-state index is 11.8. The zero-order valence-electron chi connectivity index (χ0n) is 14.2. The van der Waals surface area contributed by atoms with Crippen molar-refractivity contribution in [3.63, 3.8) is 0 Å². The normalized spacial score (nSPS) is 16.7. The Morgan fingerprint density at radius 1 is 1.17 bits per heavy atom. The number of ether oxygens (including phenoxy) is 2. The van der Waals surface area contributed by atoms with Gasteiger partial charge >= 0.3 is 0 Å². The zero-order chi connectivity index (χ0) is 16.7. The number of amides is 1. The molecule has 0 aliphatic heterocycles. The summed E-state index contributed by atoms with van der Waals surface area (Å²) in [6.45, 7) is 1.04. The van der Waals surface area contributed by atoms with Crippen molar-refractivity contribution in [1.29, 1.82) is 0 Å². The van der Waals surface area contributed by atoms with Crippen LogP contribution in [0.4, 0.5) is 0 Å². The van der Waals surface area contributed by atoms with Gasteiger partial charge in [0.2, 0.25) is 5.91 Å². The molecule has 0 bridgehead atoms. The molecule has 0 spiro atoms. The fourth-order valence-corrected chi connectivity index (χ4v) is 3.45. The predicted octanol–water partition coefficient (Wildman–Crippen LogP) is 2.37. The Bertz CT molecular complexity index is 525. The zero-order valence-corrected chi connectivity index (χ0v) is 14.2. The summed E-state index contributed by atoms with van der Waals surface area (Å²) in [6, 6.07) is 6.10. The van der Waals surface area contributed by atoms with Gasteiger partial charge in [0.05, 0.1) is 14.2 Å². The molecule has 1 saturated carbocycles. The minimum Gasteiger partial charge on any atom is -0.493 e. The van der Waals surface area contributed by atoms with Crippen LogP contribution in [0, 0.1) is 0 Å². The number of nitrogens with one attached hydrogen (secondary N) is 1. The van der Waals surface area contributed by atoms with Gasteiger partial charge in [-0.15, -0.1) is 0 Å². The minimum absolute atomic E-state index is 0.0257. The van der Waals surface area contributed by atoms with Crippen LogP contribution in [0.2, 0.25) is 0 Å². The van der Waals surface area contributed by atoms with Crippen LogP contribution in [0.5, 0.6) is 11.5 Å². The molecule has 0 atom stereocenters.